The SMILES string of the molecule is C=CCN(CCC)S(=O)(=O)c1cc(Br)c(F)cc1N. The first kappa shape index (κ1) is 16.1. The highest BCUT2D eigenvalue weighted by atomic mass is 79.9. The molecule has 0 spiro atoms. The van der Waals surface area contributed by atoms with Crippen molar-refractivity contribution in [2.24, 2.45) is 0 Å². The van der Waals surface area contributed by atoms with E-state index in [1.807, 2.05) is 6.92 Å². The molecule has 1 aromatic carbocycles. The van der Waals surface area contributed by atoms with Gasteiger partial charge in [0.1, 0.15) is 10.7 Å². The van der Waals surface area contributed by atoms with Crippen molar-refractivity contribution in [3.05, 3.63) is 35.1 Å². The van der Waals surface area contributed by atoms with Crippen LogP contribution in [0.3, 0.4) is 0 Å². The Morgan fingerprint density at radius 3 is 2.68 bits per heavy atom. The fourth-order valence-corrected chi connectivity index (χ4v) is 3.73. The van der Waals surface area contributed by atoms with Gasteiger partial charge in [-0.25, -0.2) is 12.8 Å². The van der Waals surface area contributed by atoms with Gasteiger partial charge < -0.3 is 5.73 Å². The molecule has 0 fully saturated rings. The summed E-state index contributed by atoms with van der Waals surface area (Å²) in [6, 6.07) is 2.18. The third kappa shape index (κ3) is 3.55. The van der Waals surface area contributed by atoms with Crippen molar-refractivity contribution in [3.8, 4) is 0 Å². The number of benzene rings is 1. The van der Waals surface area contributed by atoms with Crippen LogP contribution in [0.25, 0.3) is 0 Å². The van der Waals surface area contributed by atoms with Crippen molar-refractivity contribution < 1.29 is 12.8 Å². The molecule has 0 atom stereocenters. The van der Waals surface area contributed by atoms with Crippen LogP contribution in [0.1, 0.15) is 13.3 Å². The second kappa shape index (κ2) is 6.49. The van der Waals surface area contributed by atoms with Gasteiger partial charge >= 0.3 is 0 Å². The zero-order chi connectivity index (χ0) is 14.6. The number of nitrogen functional groups attached to an aromatic ring is 1. The molecule has 0 aliphatic heterocycles. The Balaban J connectivity index is 3.32. The van der Waals surface area contributed by atoms with Gasteiger partial charge in [0.15, 0.2) is 0 Å². The monoisotopic (exact) mass is 350 g/mol. The Hall–Kier alpha value is -0.920. The van der Waals surface area contributed by atoms with Crippen molar-refractivity contribution in [2.45, 2.75) is 18.2 Å². The molecule has 4 nitrogen and oxygen atoms in total. The molecule has 7 heteroatoms. The molecule has 0 aromatic heterocycles. The lowest BCUT2D eigenvalue weighted by Gasteiger charge is -2.21. The molecule has 0 bridgehead atoms. The van der Waals surface area contributed by atoms with Crippen LogP contribution in [0, 0.1) is 5.82 Å². The number of anilines is 1. The van der Waals surface area contributed by atoms with Crippen LogP contribution in [-0.4, -0.2) is 25.8 Å². The minimum atomic E-state index is -3.75. The Bertz CT molecular complexity index is 575. The molecule has 2 N–H and O–H groups in total. The molecule has 0 aliphatic rings. The van der Waals surface area contributed by atoms with Gasteiger partial charge in [-0.15, -0.1) is 6.58 Å². The summed E-state index contributed by atoms with van der Waals surface area (Å²) in [5.41, 5.74) is 5.51. The Morgan fingerprint density at radius 2 is 2.16 bits per heavy atom. The van der Waals surface area contributed by atoms with Gasteiger partial charge in [-0.1, -0.05) is 13.0 Å². The van der Waals surface area contributed by atoms with Crippen LogP contribution in [0.2, 0.25) is 0 Å². The van der Waals surface area contributed by atoms with E-state index in [2.05, 4.69) is 22.5 Å². The smallest absolute Gasteiger partial charge is 0.245 e. The Morgan fingerprint density at radius 1 is 1.53 bits per heavy atom. The third-order valence-electron chi connectivity index (χ3n) is 2.48. The summed E-state index contributed by atoms with van der Waals surface area (Å²) < 4.78 is 39.5. The first-order valence-electron chi connectivity index (χ1n) is 5.70. The zero-order valence-electron chi connectivity index (χ0n) is 10.6. The normalized spacial score (nSPS) is 11.8. The summed E-state index contributed by atoms with van der Waals surface area (Å²) in [5.74, 6) is -0.595. The number of halogens is 2. The van der Waals surface area contributed by atoms with Gasteiger partial charge in [0, 0.05) is 13.1 Å². The van der Waals surface area contributed by atoms with Crippen LogP contribution in [-0.2, 0) is 10.0 Å². The van der Waals surface area contributed by atoms with E-state index in [-0.39, 0.29) is 21.6 Å². The molecule has 0 aliphatic carbocycles. The van der Waals surface area contributed by atoms with E-state index < -0.39 is 15.8 Å². The van der Waals surface area contributed by atoms with Crippen LogP contribution >= 0.6 is 15.9 Å². The number of nitrogens with zero attached hydrogens (tertiary/aromatic N) is 1. The first-order valence-corrected chi connectivity index (χ1v) is 7.93. The lowest BCUT2D eigenvalue weighted by molar-refractivity contribution is 0.441. The predicted molar refractivity (Wildman–Crippen MR) is 77.8 cm³/mol. The topological polar surface area (TPSA) is 63.4 Å². The molecule has 0 amide bonds. The second-order valence-corrected chi connectivity index (χ2v) is 6.72. The van der Waals surface area contributed by atoms with Crippen molar-refractivity contribution in [2.75, 3.05) is 18.8 Å². The number of sulfonamides is 1. The standard InChI is InChI=1S/C12H16BrFN2O2S/c1-3-5-16(6-4-2)19(17,18)12-7-9(13)10(14)8-11(12)15/h3,7-8H,1,4-6,15H2,2H3. The van der Waals surface area contributed by atoms with Gasteiger partial charge in [0.2, 0.25) is 10.0 Å². The summed E-state index contributed by atoms with van der Waals surface area (Å²) in [6.07, 6.45) is 2.16. The Labute approximate surface area is 121 Å². The fraction of sp³-hybridized carbons (Fsp3) is 0.333. The molecule has 0 saturated carbocycles. The van der Waals surface area contributed by atoms with Gasteiger partial charge in [-0.3, -0.25) is 0 Å². The van der Waals surface area contributed by atoms with Gasteiger partial charge in [0.25, 0.3) is 0 Å². The number of rotatable bonds is 6. The van der Waals surface area contributed by atoms with Crippen LogP contribution in [0.4, 0.5) is 10.1 Å². The highest BCUT2D eigenvalue weighted by molar-refractivity contribution is 9.10. The van der Waals surface area contributed by atoms with E-state index in [9.17, 15) is 12.8 Å². The van der Waals surface area contributed by atoms with E-state index in [4.69, 9.17) is 5.73 Å². The van der Waals surface area contributed by atoms with Gasteiger partial charge in [-0.05, 0) is 34.5 Å². The molecule has 0 radical (unpaired) electrons. The fourth-order valence-electron chi connectivity index (χ4n) is 1.61. The maximum atomic E-state index is 13.3. The van der Waals surface area contributed by atoms with Crippen molar-refractivity contribution in [3.63, 3.8) is 0 Å². The van der Waals surface area contributed by atoms with E-state index in [0.29, 0.717) is 13.0 Å². The van der Waals surface area contributed by atoms with Crippen LogP contribution < -0.4 is 5.73 Å². The summed E-state index contributed by atoms with van der Waals surface area (Å²) in [7, 11) is -3.75. The maximum Gasteiger partial charge on any atom is 0.245 e. The highest BCUT2D eigenvalue weighted by Crippen LogP contribution is 2.28. The molecule has 106 valence electrons. The summed E-state index contributed by atoms with van der Waals surface area (Å²) in [6.45, 7) is 5.94. The van der Waals surface area contributed by atoms with Gasteiger partial charge in [0.05, 0.1) is 10.2 Å². The van der Waals surface area contributed by atoms with Gasteiger partial charge in [-0.2, -0.15) is 4.31 Å². The molecular weight excluding hydrogens is 335 g/mol. The quantitative estimate of drug-likeness (QED) is 0.633. The second-order valence-electron chi connectivity index (χ2n) is 3.96. The molecule has 0 saturated heterocycles. The molecule has 19 heavy (non-hydrogen) atoms. The van der Waals surface area contributed by atoms with E-state index in [0.717, 1.165) is 6.07 Å². The average Bonchev–Trinajstić information content (AvgIpc) is 2.33. The van der Waals surface area contributed by atoms with Crippen LogP contribution in [0.5, 0.6) is 0 Å². The lowest BCUT2D eigenvalue weighted by atomic mass is 10.3. The summed E-state index contributed by atoms with van der Waals surface area (Å²) >= 11 is 2.97. The molecule has 0 unspecified atom stereocenters. The number of hydrogen-bond donors (Lipinski definition) is 1. The van der Waals surface area contributed by atoms with E-state index >= 15 is 0 Å². The first-order chi connectivity index (χ1) is 8.84. The van der Waals surface area contributed by atoms with Crippen molar-refractivity contribution in [1.29, 1.82) is 0 Å². The molecule has 1 rings (SSSR count). The summed E-state index contributed by atoms with van der Waals surface area (Å²) in [5, 5.41) is 0. The molecule has 1 aromatic rings. The van der Waals surface area contributed by atoms with E-state index in [1.165, 1.54) is 16.4 Å². The lowest BCUT2D eigenvalue weighted by Crippen LogP contribution is -2.32. The Kier molecular flexibility index (Phi) is 5.51. The third-order valence-corrected chi connectivity index (χ3v) is 5.00. The average molecular weight is 351 g/mol. The van der Waals surface area contributed by atoms with E-state index in [1.54, 1.807) is 0 Å². The number of nitrogens with two attached hydrogens (primary N) is 1. The number of hydrogen-bond acceptors (Lipinski definition) is 3. The predicted octanol–water partition coefficient (Wildman–Crippen LogP) is 2.76. The largest absolute Gasteiger partial charge is 0.398 e. The molecule has 0 heterocycles. The zero-order valence-corrected chi connectivity index (χ0v) is 13.0. The molecular formula is C12H16BrFN2O2S. The minimum Gasteiger partial charge on any atom is -0.398 e. The highest BCUT2D eigenvalue weighted by Gasteiger charge is 2.26. The van der Waals surface area contributed by atoms with Crippen molar-refractivity contribution >= 4 is 31.6 Å². The maximum absolute atomic E-state index is 13.3. The van der Waals surface area contributed by atoms with Crippen molar-refractivity contribution in [1.82, 2.24) is 4.31 Å². The van der Waals surface area contributed by atoms with Crippen LogP contribution in [0.15, 0.2) is 34.2 Å². The summed E-state index contributed by atoms with van der Waals surface area (Å²) in [4.78, 5) is -0.101. The minimum absolute atomic E-state index is 0.0651.